The largest absolute Gasteiger partial charge is 0.381 e. The topological polar surface area (TPSA) is 47.3 Å². The minimum atomic E-state index is 0.457. The van der Waals surface area contributed by atoms with Crippen LogP contribution in [-0.4, -0.2) is 32.3 Å². The van der Waals surface area contributed by atoms with E-state index in [0.29, 0.717) is 12.0 Å². The molecule has 1 rings (SSSR count). The monoisotopic (exact) mass is 198 g/mol. The van der Waals surface area contributed by atoms with E-state index in [1.54, 1.807) is 0 Å². The molecule has 82 valence electrons. The molecular weight excluding hydrogens is 176 g/mol. The molecule has 0 aromatic rings. The molecule has 1 aliphatic heterocycles. The SMILES string of the molecule is C=CCCNC(CN)C1CCOCC1. The molecule has 1 unspecified atom stereocenters. The van der Waals surface area contributed by atoms with Crippen LogP contribution in [0, 0.1) is 5.92 Å². The summed E-state index contributed by atoms with van der Waals surface area (Å²) in [5, 5.41) is 3.49. The van der Waals surface area contributed by atoms with E-state index in [4.69, 9.17) is 10.5 Å². The molecule has 1 heterocycles. The maximum absolute atomic E-state index is 5.76. The van der Waals surface area contributed by atoms with Gasteiger partial charge in [0.25, 0.3) is 0 Å². The summed E-state index contributed by atoms with van der Waals surface area (Å²) < 4.78 is 5.34. The van der Waals surface area contributed by atoms with Crippen LogP contribution in [0.25, 0.3) is 0 Å². The lowest BCUT2D eigenvalue weighted by Gasteiger charge is -2.30. The minimum absolute atomic E-state index is 0.457. The third-order valence-corrected chi connectivity index (χ3v) is 2.84. The van der Waals surface area contributed by atoms with Crippen molar-refractivity contribution in [3.63, 3.8) is 0 Å². The van der Waals surface area contributed by atoms with Gasteiger partial charge in [0.05, 0.1) is 0 Å². The summed E-state index contributed by atoms with van der Waals surface area (Å²) in [4.78, 5) is 0. The Labute approximate surface area is 86.7 Å². The quantitative estimate of drug-likeness (QED) is 0.492. The van der Waals surface area contributed by atoms with Gasteiger partial charge in [-0.25, -0.2) is 0 Å². The number of ether oxygens (including phenoxy) is 1. The van der Waals surface area contributed by atoms with Gasteiger partial charge in [-0.3, -0.25) is 0 Å². The first-order chi connectivity index (χ1) is 6.88. The molecule has 3 heteroatoms. The second kappa shape index (κ2) is 6.98. The molecule has 3 nitrogen and oxygen atoms in total. The van der Waals surface area contributed by atoms with E-state index in [1.807, 2.05) is 6.08 Å². The Morgan fingerprint density at radius 2 is 2.21 bits per heavy atom. The highest BCUT2D eigenvalue weighted by Crippen LogP contribution is 2.18. The molecule has 1 saturated heterocycles. The van der Waals surface area contributed by atoms with Gasteiger partial charge in [-0.05, 0) is 31.7 Å². The number of hydrogen-bond acceptors (Lipinski definition) is 3. The number of nitrogens with two attached hydrogens (primary N) is 1. The molecule has 1 atom stereocenters. The van der Waals surface area contributed by atoms with E-state index in [0.717, 1.165) is 45.6 Å². The molecule has 0 aromatic carbocycles. The van der Waals surface area contributed by atoms with Gasteiger partial charge in [0.15, 0.2) is 0 Å². The van der Waals surface area contributed by atoms with Gasteiger partial charge in [-0.2, -0.15) is 0 Å². The summed E-state index contributed by atoms with van der Waals surface area (Å²) in [7, 11) is 0. The molecule has 0 aliphatic carbocycles. The predicted molar refractivity (Wildman–Crippen MR) is 59.2 cm³/mol. The van der Waals surface area contributed by atoms with E-state index >= 15 is 0 Å². The average Bonchev–Trinajstić information content (AvgIpc) is 2.26. The van der Waals surface area contributed by atoms with E-state index in [2.05, 4.69) is 11.9 Å². The molecule has 0 aromatic heterocycles. The van der Waals surface area contributed by atoms with E-state index < -0.39 is 0 Å². The lowest BCUT2D eigenvalue weighted by atomic mass is 9.92. The molecule has 1 fully saturated rings. The van der Waals surface area contributed by atoms with Gasteiger partial charge >= 0.3 is 0 Å². The zero-order valence-electron chi connectivity index (χ0n) is 8.87. The Hall–Kier alpha value is -0.380. The maximum Gasteiger partial charge on any atom is 0.0469 e. The fourth-order valence-electron chi connectivity index (χ4n) is 1.93. The van der Waals surface area contributed by atoms with Crippen LogP contribution in [0.5, 0.6) is 0 Å². The van der Waals surface area contributed by atoms with Crippen LogP contribution < -0.4 is 11.1 Å². The Bertz CT molecular complexity index is 155. The zero-order chi connectivity index (χ0) is 10.2. The first-order valence-corrected chi connectivity index (χ1v) is 5.50. The molecule has 0 spiro atoms. The average molecular weight is 198 g/mol. The van der Waals surface area contributed by atoms with Crippen LogP contribution in [0.3, 0.4) is 0 Å². The Kier molecular flexibility index (Phi) is 5.83. The van der Waals surface area contributed by atoms with Gasteiger partial charge in [-0.15, -0.1) is 6.58 Å². The zero-order valence-corrected chi connectivity index (χ0v) is 8.87. The molecular formula is C11H22N2O. The van der Waals surface area contributed by atoms with Gasteiger partial charge in [-0.1, -0.05) is 6.08 Å². The molecule has 1 aliphatic rings. The number of hydrogen-bond donors (Lipinski definition) is 2. The van der Waals surface area contributed by atoms with Gasteiger partial charge in [0.2, 0.25) is 0 Å². The van der Waals surface area contributed by atoms with Crippen LogP contribution in [0.15, 0.2) is 12.7 Å². The number of rotatable bonds is 6. The van der Waals surface area contributed by atoms with Gasteiger partial charge < -0.3 is 15.8 Å². The van der Waals surface area contributed by atoms with Crippen LogP contribution >= 0.6 is 0 Å². The Morgan fingerprint density at radius 1 is 1.50 bits per heavy atom. The van der Waals surface area contributed by atoms with Crippen molar-refractivity contribution in [3.05, 3.63) is 12.7 Å². The van der Waals surface area contributed by atoms with Crippen molar-refractivity contribution >= 4 is 0 Å². The van der Waals surface area contributed by atoms with E-state index in [-0.39, 0.29) is 0 Å². The van der Waals surface area contributed by atoms with Crippen molar-refractivity contribution < 1.29 is 4.74 Å². The van der Waals surface area contributed by atoms with Gasteiger partial charge in [0.1, 0.15) is 0 Å². The van der Waals surface area contributed by atoms with E-state index in [9.17, 15) is 0 Å². The van der Waals surface area contributed by atoms with Crippen LogP contribution in [0.1, 0.15) is 19.3 Å². The smallest absolute Gasteiger partial charge is 0.0469 e. The van der Waals surface area contributed by atoms with Crippen molar-refractivity contribution in [2.75, 3.05) is 26.3 Å². The third-order valence-electron chi connectivity index (χ3n) is 2.84. The summed E-state index contributed by atoms with van der Waals surface area (Å²) in [5.41, 5.74) is 5.76. The van der Waals surface area contributed by atoms with Crippen LogP contribution in [-0.2, 0) is 4.74 Å². The summed E-state index contributed by atoms with van der Waals surface area (Å²) >= 11 is 0. The number of nitrogens with one attached hydrogen (secondary N) is 1. The molecule has 0 radical (unpaired) electrons. The van der Waals surface area contributed by atoms with Gasteiger partial charge in [0, 0.05) is 25.8 Å². The summed E-state index contributed by atoms with van der Waals surface area (Å²) in [6.45, 7) is 7.20. The van der Waals surface area contributed by atoms with Crippen molar-refractivity contribution in [2.45, 2.75) is 25.3 Å². The highest BCUT2D eigenvalue weighted by Gasteiger charge is 2.21. The lowest BCUT2D eigenvalue weighted by molar-refractivity contribution is 0.0549. The second-order valence-corrected chi connectivity index (χ2v) is 3.82. The molecule has 14 heavy (non-hydrogen) atoms. The highest BCUT2D eigenvalue weighted by molar-refractivity contribution is 4.80. The van der Waals surface area contributed by atoms with Crippen molar-refractivity contribution in [3.8, 4) is 0 Å². The molecule has 0 bridgehead atoms. The third kappa shape index (κ3) is 3.78. The fourth-order valence-corrected chi connectivity index (χ4v) is 1.93. The normalized spacial score (nSPS) is 20.6. The first-order valence-electron chi connectivity index (χ1n) is 5.50. The minimum Gasteiger partial charge on any atom is -0.381 e. The van der Waals surface area contributed by atoms with Crippen molar-refractivity contribution in [1.82, 2.24) is 5.32 Å². The van der Waals surface area contributed by atoms with E-state index in [1.165, 1.54) is 0 Å². The second-order valence-electron chi connectivity index (χ2n) is 3.82. The van der Waals surface area contributed by atoms with Crippen LogP contribution in [0.4, 0.5) is 0 Å². The first kappa shape index (κ1) is 11.7. The lowest BCUT2D eigenvalue weighted by Crippen LogP contribution is -2.44. The molecule has 0 saturated carbocycles. The maximum atomic E-state index is 5.76. The van der Waals surface area contributed by atoms with Crippen molar-refractivity contribution in [1.29, 1.82) is 0 Å². The fraction of sp³-hybridized carbons (Fsp3) is 0.818. The predicted octanol–water partition coefficient (Wildman–Crippen LogP) is 0.906. The molecule has 3 N–H and O–H groups in total. The highest BCUT2D eigenvalue weighted by atomic mass is 16.5. The Balaban J connectivity index is 2.24. The summed E-state index contributed by atoms with van der Waals surface area (Å²) in [5.74, 6) is 0.693. The van der Waals surface area contributed by atoms with Crippen LogP contribution in [0.2, 0.25) is 0 Å². The standard InChI is InChI=1S/C11H22N2O/c1-2-3-6-13-11(9-12)10-4-7-14-8-5-10/h2,10-11,13H,1,3-9,12H2. The summed E-state index contributed by atoms with van der Waals surface area (Å²) in [6, 6.07) is 0.457. The molecule has 0 amide bonds. The van der Waals surface area contributed by atoms with Crippen molar-refractivity contribution in [2.24, 2.45) is 11.7 Å². The summed E-state index contributed by atoms with van der Waals surface area (Å²) in [6.07, 6.45) is 5.23. The Morgan fingerprint density at radius 3 is 2.79 bits per heavy atom.